The molecule has 0 radical (unpaired) electrons. The smallest absolute Gasteiger partial charge is 0.254 e. The number of piperazine rings is 1. The van der Waals surface area contributed by atoms with Crippen LogP contribution in [-0.4, -0.2) is 48.3 Å². The molecule has 2 amide bonds. The summed E-state index contributed by atoms with van der Waals surface area (Å²) in [6.45, 7) is 0.943. The van der Waals surface area contributed by atoms with Gasteiger partial charge in [-0.15, -0.1) is 0 Å². The van der Waals surface area contributed by atoms with E-state index in [0.717, 1.165) is 12.1 Å². The van der Waals surface area contributed by atoms with Gasteiger partial charge < -0.3 is 15.5 Å². The molecule has 1 aliphatic heterocycles. The lowest BCUT2D eigenvalue weighted by Crippen LogP contribution is -2.50. The van der Waals surface area contributed by atoms with Crippen molar-refractivity contribution in [2.24, 2.45) is 0 Å². The molecule has 1 heterocycles. The number of carbonyl (C=O) groups excluding carboxylic acids is 2. The Bertz CT molecular complexity index is 484. The van der Waals surface area contributed by atoms with E-state index in [-0.39, 0.29) is 29.6 Å². The minimum atomic E-state index is -0.557. The van der Waals surface area contributed by atoms with E-state index in [0.29, 0.717) is 13.1 Å². The maximum absolute atomic E-state index is 13.2. The highest BCUT2D eigenvalue weighted by Crippen LogP contribution is 2.14. The average Bonchev–Trinajstić information content (AvgIpc) is 2.30. The zero-order valence-electron chi connectivity index (χ0n) is 10.0. The van der Waals surface area contributed by atoms with Gasteiger partial charge in [-0.3, -0.25) is 9.59 Å². The van der Waals surface area contributed by atoms with Crippen LogP contribution >= 0.6 is 0 Å². The summed E-state index contributed by atoms with van der Waals surface area (Å²) in [5.74, 6) is -1.06. The van der Waals surface area contributed by atoms with Crippen molar-refractivity contribution in [2.75, 3.05) is 32.4 Å². The van der Waals surface area contributed by atoms with Crippen molar-refractivity contribution < 1.29 is 14.0 Å². The Balaban J connectivity index is 2.18. The first-order valence-electron chi connectivity index (χ1n) is 5.56. The van der Waals surface area contributed by atoms with Gasteiger partial charge >= 0.3 is 0 Å². The molecule has 6 heteroatoms. The lowest BCUT2D eigenvalue weighted by Gasteiger charge is -2.32. The van der Waals surface area contributed by atoms with Crippen LogP contribution in [0.15, 0.2) is 18.2 Å². The van der Waals surface area contributed by atoms with Gasteiger partial charge in [0.05, 0.1) is 0 Å². The summed E-state index contributed by atoms with van der Waals surface area (Å²) >= 11 is 0. The molecule has 0 atom stereocenters. The number of benzene rings is 1. The predicted molar refractivity (Wildman–Crippen MR) is 64.4 cm³/mol. The first-order valence-corrected chi connectivity index (χ1v) is 5.56. The second-order valence-corrected chi connectivity index (χ2v) is 4.32. The Morgan fingerprint density at radius 1 is 1.33 bits per heavy atom. The summed E-state index contributed by atoms with van der Waals surface area (Å²) in [7, 11) is 1.68. The van der Waals surface area contributed by atoms with Gasteiger partial charge in [-0.1, -0.05) is 0 Å². The number of hydrogen-bond acceptors (Lipinski definition) is 3. The third kappa shape index (κ3) is 2.42. The van der Waals surface area contributed by atoms with Crippen LogP contribution in [0.2, 0.25) is 0 Å². The summed E-state index contributed by atoms with van der Waals surface area (Å²) in [5, 5.41) is 0. The maximum Gasteiger partial charge on any atom is 0.254 e. The van der Waals surface area contributed by atoms with Gasteiger partial charge in [0.1, 0.15) is 12.4 Å². The highest BCUT2D eigenvalue weighted by molar-refractivity contribution is 5.97. The van der Waals surface area contributed by atoms with E-state index in [1.807, 2.05) is 0 Å². The van der Waals surface area contributed by atoms with Crippen molar-refractivity contribution >= 4 is 17.5 Å². The Kier molecular flexibility index (Phi) is 3.18. The quantitative estimate of drug-likeness (QED) is 0.731. The van der Waals surface area contributed by atoms with Crippen LogP contribution in [0.1, 0.15) is 10.4 Å². The number of hydrogen-bond donors (Lipinski definition) is 1. The monoisotopic (exact) mass is 251 g/mol. The molecule has 0 aromatic heterocycles. The van der Waals surface area contributed by atoms with Crippen molar-refractivity contribution in [1.29, 1.82) is 0 Å². The molecule has 96 valence electrons. The molecule has 1 aromatic rings. The molecule has 0 spiro atoms. The molecule has 5 nitrogen and oxygen atoms in total. The van der Waals surface area contributed by atoms with Crippen molar-refractivity contribution in [3.05, 3.63) is 29.6 Å². The largest absolute Gasteiger partial charge is 0.399 e. The van der Waals surface area contributed by atoms with Crippen LogP contribution in [0.4, 0.5) is 10.1 Å². The number of carbonyl (C=O) groups is 2. The highest BCUT2D eigenvalue weighted by atomic mass is 19.1. The molecule has 0 bridgehead atoms. The van der Waals surface area contributed by atoms with Crippen LogP contribution in [0, 0.1) is 5.82 Å². The SMILES string of the molecule is CN1CCN(C(=O)c2cc(N)cc(F)c2)CC1=O. The first-order chi connectivity index (χ1) is 8.47. The lowest BCUT2D eigenvalue weighted by atomic mass is 10.1. The Morgan fingerprint density at radius 2 is 2.06 bits per heavy atom. The van der Waals surface area contributed by atoms with Gasteiger partial charge in [0.2, 0.25) is 5.91 Å². The van der Waals surface area contributed by atoms with E-state index in [1.165, 1.54) is 11.0 Å². The van der Waals surface area contributed by atoms with Crippen molar-refractivity contribution in [1.82, 2.24) is 9.80 Å². The Hall–Kier alpha value is -2.11. The zero-order valence-corrected chi connectivity index (χ0v) is 10.0. The molecule has 0 unspecified atom stereocenters. The lowest BCUT2D eigenvalue weighted by molar-refractivity contribution is -0.133. The number of likely N-dealkylation sites (N-methyl/N-ethyl adjacent to an activating group) is 1. The van der Waals surface area contributed by atoms with Crippen LogP contribution in [0.3, 0.4) is 0 Å². The van der Waals surface area contributed by atoms with Crippen LogP contribution in [0.25, 0.3) is 0 Å². The highest BCUT2D eigenvalue weighted by Gasteiger charge is 2.25. The van der Waals surface area contributed by atoms with Gasteiger partial charge in [0.15, 0.2) is 0 Å². The first kappa shape index (κ1) is 12.3. The summed E-state index contributed by atoms with van der Waals surface area (Å²) in [6, 6.07) is 3.68. The molecule has 0 saturated carbocycles. The molecular formula is C12H14FN3O2. The molecule has 1 aromatic carbocycles. The molecule has 1 saturated heterocycles. The topological polar surface area (TPSA) is 66.6 Å². The van der Waals surface area contributed by atoms with Gasteiger partial charge in [-0.05, 0) is 18.2 Å². The molecule has 0 aliphatic carbocycles. The van der Waals surface area contributed by atoms with Crippen molar-refractivity contribution in [3.8, 4) is 0 Å². The van der Waals surface area contributed by atoms with Gasteiger partial charge in [0, 0.05) is 31.4 Å². The van der Waals surface area contributed by atoms with Crippen LogP contribution in [0.5, 0.6) is 0 Å². The minimum Gasteiger partial charge on any atom is -0.399 e. The molecule has 2 N–H and O–H groups in total. The van der Waals surface area contributed by atoms with Crippen LogP contribution < -0.4 is 5.73 Å². The normalized spacial score (nSPS) is 16.0. The maximum atomic E-state index is 13.2. The number of rotatable bonds is 1. The summed E-state index contributed by atoms with van der Waals surface area (Å²) in [6.07, 6.45) is 0. The summed E-state index contributed by atoms with van der Waals surface area (Å²) < 4.78 is 13.2. The molecule has 18 heavy (non-hydrogen) atoms. The van der Waals surface area contributed by atoms with Gasteiger partial charge in [-0.2, -0.15) is 0 Å². The van der Waals surface area contributed by atoms with Crippen LogP contribution in [-0.2, 0) is 4.79 Å². The van der Waals surface area contributed by atoms with E-state index in [9.17, 15) is 14.0 Å². The van der Waals surface area contributed by atoms with E-state index in [4.69, 9.17) is 5.73 Å². The number of nitrogen functional groups attached to an aromatic ring is 1. The fourth-order valence-electron chi connectivity index (χ4n) is 1.85. The molecular weight excluding hydrogens is 237 g/mol. The fourth-order valence-corrected chi connectivity index (χ4v) is 1.85. The number of halogens is 1. The Morgan fingerprint density at radius 3 is 2.67 bits per heavy atom. The summed E-state index contributed by atoms with van der Waals surface area (Å²) in [5.41, 5.74) is 5.85. The van der Waals surface area contributed by atoms with Crippen molar-refractivity contribution in [2.45, 2.75) is 0 Å². The predicted octanol–water partition coefficient (Wildman–Crippen LogP) is 0.322. The van der Waals surface area contributed by atoms with Gasteiger partial charge in [0.25, 0.3) is 5.91 Å². The molecule has 1 fully saturated rings. The molecule has 2 rings (SSSR count). The van der Waals surface area contributed by atoms with Gasteiger partial charge in [-0.25, -0.2) is 4.39 Å². The third-order valence-electron chi connectivity index (χ3n) is 2.91. The number of amides is 2. The fraction of sp³-hybridized carbons (Fsp3) is 0.333. The zero-order chi connectivity index (χ0) is 13.3. The number of anilines is 1. The Labute approximate surface area is 104 Å². The minimum absolute atomic E-state index is 0.0196. The van der Waals surface area contributed by atoms with E-state index < -0.39 is 5.82 Å². The molecule has 1 aliphatic rings. The number of nitrogens with zero attached hydrogens (tertiary/aromatic N) is 2. The third-order valence-corrected chi connectivity index (χ3v) is 2.91. The van der Waals surface area contributed by atoms with Crippen molar-refractivity contribution in [3.63, 3.8) is 0 Å². The summed E-state index contributed by atoms with van der Waals surface area (Å²) in [4.78, 5) is 26.6. The van der Waals surface area contributed by atoms with E-state index in [1.54, 1.807) is 11.9 Å². The standard InChI is InChI=1S/C12H14FN3O2/c1-15-2-3-16(7-11(15)17)12(18)8-4-9(13)6-10(14)5-8/h4-6H,2-3,7,14H2,1H3. The average molecular weight is 251 g/mol. The second-order valence-electron chi connectivity index (χ2n) is 4.32. The number of nitrogens with two attached hydrogens (primary N) is 1. The van der Waals surface area contributed by atoms with E-state index in [2.05, 4.69) is 0 Å². The van der Waals surface area contributed by atoms with E-state index >= 15 is 0 Å². The second kappa shape index (κ2) is 4.64.